The van der Waals surface area contributed by atoms with Crippen molar-refractivity contribution in [2.45, 2.75) is 19.8 Å². The Morgan fingerprint density at radius 3 is 2.58 bits per heavy atom. The Hall–Kier alpha value is -2.48. The fraction of sp³-hybridized carbons (Fsp3) is 0.444. The Morgan fingerprint density at radius 1 is 1.15 bits per heavy atom. The van der Waals surface area contributed by atoms with Gasteiger partial charge in [-0.2, -0.15) is 0 Å². The van der Waals surface area contributed by atoms with Gasteiger partial charge >= 0.3 is 0 Å². The standard InChI is InChI=1S/C18H23N5O2S/c1-2-15-17(26-21-20-15)18(25)19-9-8-16(24)23-12-10-22(11-13-23)14-6-4-3-5-7-14/h3-7H,2,8-13H2,1H3,(H,19,25). The molecule has 1 aliphatic rings. The van der Waals surface area contributed by atoms with Crippen molar-refractivity contribution in [2.75, 3.05) is 37.6 Å². The van der Waals surface area contributed by atoms with Crippen molar-refractivity contribution in [3.05, 3.63) is 40.9 Å². The van der Waals surface area contributed by atoms with Crippen molar-refractivity contribution < 1.29 is 9.59 Å². The summed E-state index contributed by atoms with van der Waals surface area (Å²) in [5.74, 6) is -0.116. The van der Waals surface area contributed by atoms with Crippen molar-refractivity contribution in [2.24, 2.45) is 0 Å². The van der Waals surface area contributed by atoms with Gasteiger partial charge in [-0.1, -0.05) is 29.6 Å². The lowest BCUT2D eigenvalue weighted by Gasteiger charge is -2.36. The van der Waals surface area contributed by atoms with Crippen LogP contribution in [-0.4, -0.2) is 59.0 Å². The molecule has 0 unspecified atom stereocenters. The largest absolute Gasteiger partial charge is 0.368 e. The van der Waals surface area contributed by atoms with Crippen molar-refractivity contribution in [3.8, 4) is 0 Å². The number of piperazine rings is 1. The van der Waals surface area contributed by atoms with Gasteiger partial charge in [0.15, 0.2) is 0 Å². The first kappa shape index (κ1) is 18.3. The van der Waals surface area contributed by atoms with E-state index in [0.29, 0.717) is 43.0 Å². The molecular weight excluding hydrogens is 350 g/mol. The molecule has 0 bridgehead atoms. The number of rotatable bonds is 6. The van der Waals surface area contributed by atoms with E-state index in [1.54, 1.807) is 0 Å². The van der Waals surface area contributed by atoms with Crippen LogP contribution in [0.25, 0.3) is 0 Å². The number of carbonyl (C=O) groups excluding carboxylic acids is 2. The molecule has 0 aliphatic carbocycles. The second kappa shape index (κ2) is 8.75. The molecule has 3 rings (SSSR count). The molecule has 2 aromatic rings. The Bertz CT molecular complexity index is 741. The highest BCUT2D eigenvalue weighted by Crippen LogP contribution is 2.16. The Balaban J connectivity index is 1.41. The summed E-state index contributed by atoms with van der Waals surface area (Å²) in [5.41, 5.74) is 1.90. The first-order chi connectivity index (χ1) is 12.7. The van der Waals surface area contributed by atoms with Crippen LogP contribution >= 0.6 is 11.5 Å². The van der Waals surface area contributed by atoms with Crippen LogP contribution in [-0.2, 0) is 11.2 Å². The predicted octanol–water partition coefficient (Wildman–Crippen LogP) is 1.57. The summed E-state index contributed by atoms with van der Waals surface area (Å²) < 4.78 is 3.81. The maximum absolute atomic E-state index is 12.4. The number of carbonyl (C=O) groups is 2. The summed E-state index contributed by atoms with van der Waals surface area (Å²) in [4.78, 5) is 29.2. The van der Waals surface area contributed by atoms with Crippen LogP contribution in [0.3, 0.4) is 0 Å². The SMILES string of the molecule is CCc1nnsc1C(=O)NCCC(=O)N1CCN(c2ccccc2)CC1. The maximum atomic E-state index is 12.4. The Morgan fingerprint density at radius 2 is 1.88 bits per heavy atom. The number of para-hydroxylation sites is 1. The van der Waals surface area contributed by atoms with Gasteiger partial charge in [-0.05, 0) is 30.1 Å². The second-order valence-electron chi connectivity index (χ2n) is 6.11. The summed E-state index contributed by atoms with van der Waals surface area (Å²) in [6, 6.07) is 10.2. The summed E-state index contributed by atoms with van der Waals surface area (Å²) in [7, 11) is 0. The average molecular weight is 373 g/mol. The molecule has 1 aromatic heterocycles. The molecule has 0 saturated carbocycles. The van der Waals surface area contributed by atoms with Crippen LogP contribution < -0.4 is 10.2 Å². The molecule has 1 N–H and O–H groups in total. The Labute approximate surface area is 157 Å². The van der Waals surface area contributed by atoms with Gasteiger partial charge in [0.05, 0.1) is 5.69 Å². The van der Waals surface area contributed by atoms with Crippen LogP contribution in [0, 0.1) is 0 Å². The van der Waals surface area contributed by atoms with Crippen LogP contribution in [0.2, 0.25) is 0 Å². The lowest BCUT2D eigenvalue weighted by molar-refractivity contribution is -0.131. The maximum Gasteiger partial charge on any atom is 0.264 e. The topological polar surface area (TPSA) is 78.4 Å². The number of hydrogen-bond acceptors (Lipinski definition) is 6. The molecule has 0 radical (unpaired) electrons. The minimum Gasteiger partial charge on any atom is -0.368 e. The molecule has 1 fully saturated rings. The normalized spacial score (nSPS) is 14.3. The van der Waals surface area contributed by atoms with Crippen LogP contribution in [0.1, 0.15) is 28.7 Å². The van der Waals surface area contributed by atoms with Gasteiger partial charge in [-0.15, -0.1) is 5.10 Å². The van der Waals surface area contributed by atoms with Gasteiger partial charge < -0.3 is 15.1 Å². The zero-order chi connectivity index (χ0) is 18.4. The minimum absolute atomic E-state index is 0.0798. The van der Waals surface area contributed by atoms with E-state index >= 15 is 0 Å². The van der Waals surface area contributed by atoms with Gasteiger partial charge in [-0.3, -0.25) is 9.59 Å². The zero-order valence-corrected chi connectivity index (χ0v) is 15.7. The van der Waals surface area contributed by atoms with Crippen molar-refractivity contribution >= 4 is 29.0 Å². The number of hydrogen-bond donors (Lipinski definition) is 1. The molecule has 0 spiro atoms. The zero-order valence-electron chi connectivity index (χ0n) is 14.9. The molecule has 1 aromatic carbocycles. The summed E-state index contributed by atoms with van der Waals surface area (Å²) in [6.07, 6.45) is 0.981. The van der Waals surface area contributed by atoms with E-state index in [-0.39, 0.29) is 11.8 Å². The van der Waals surface area contributed by atoms with E-state index < -0.39 is 0 Å². The number of nitrogens with zero attached hydrogens (tertiary/aromatic N) is 4. The molecule has 26 heavy (non-hydrogen) atoms. The molecular formula is C18H23N5O2S. The third-order valence-electron chi connectivity index (χ3n) is 4.48. The lowest BCUT2D eigenvalue weighted by atomic mass is 10.2. The number of nitrogens with one attached hydrogen (secondary N) is 1. The smallest absolute Gasteiger partial charge is 0.264 e. The third kappa shape index (κ3) is 4.37. The van der Waals surface area contributed by atoms with E-state index in [1.165, 1.54) is 5.69 Å². The number of aryl methyl sites for hydroxylation is 1. The minimum atomic E-state index is -0.196. The van der Waals surface area contributed by atoms with Crippen LogP contribution in [0.5, 0.6) is 0 Å². The predicted molar refractivity (Wildman–Crippen MR) is 101 cm³/mol. The van der Waals surface area contributed by atoms with E-state index in [4.69, 9.17) is 0 Å². The van der Waals surface area contributed by atoms with E-state index in [9.17, 15) is 9.59 Å². The molecule has 2 heterocycles. The number of benzene rings is 1. The van der Waals surface area contributed by atoms with Gasteiger partial charge in [0.25, 0.3) is 5.91 Å². The molecule has 8 heteroatoms. The second-order valence-corrected chi connectivity index (χ2v) is 6.87. The number of anilines is 1. The fourth-order valence-electron chi connectivity index (χ4n) is 2.99. The van der Waals surface area contributed by atoms with Gasteiger partial charge in [0.1, 0.15) is 4.88 Å². The molecule has 1 saturated heterocycles. The van der Waals surface area contributed by atoms with Crippen molar-refractivity contribution in [3.63, 3.8) is 0 Å². The fourth-order valence-corrected chi connectivity index (χ4v) is 3.65. The molecule has 2 amide bonds. The summed E-state index contributed by atoms with van der Waals surface area (Å²) in [6.45, 7) is 5.34. The summed E-state index contributed by atoms with van der Waals surface area (Å²) >= 11 is 1.09. The van der Waals surface area contributed by atoms with Gasteiger partial charge in [-0.25, -0.2) is 0 Å². The molecule has 7 nitrogen and oxygen atoms in total. The number of amides is 2. The quantitative estimate of drug-likeness (QED) is 0.832. The first-order valence-electron chi connectivity index (χ1n) is 8.86. The van der Waals surface area contributed by atoms with Gasteiger partial charge in [0.2, 0.25) is 5.91 Å². The average Bonchev–Trinajstić information content (AvgIpc) is 3.17. The van der Waals surface area contributed by atoms with Crippen molar-refractivity contribution in [1.29, 1.82) is 0 Å². The van der Waals surface area contributed by atoms with E-state index in [0.717, 1.165) is 24.6 Å². The third-order valence-corrected chi connectivity index (χ3v) is 5.24. The van der Waals surface area contributed by atoms with E-state index in [2.05, 4.69) is 31.9 Å². The highest BCUT2D eigenvalue weighted by atomic mass is 32.1. The van der Waals surface area contributed by atoms with Crippen molar-refractivity contribution in [1.82, 2.24) is 19.8 Å². The highest BCUT2D eigenvalue weighted by molar-refractivity contribution is 7.08. The lowest BCUT2D eigenvalue weighted by Crippen LogP contribution is -2.49. The molecule has 1 aliphatic heterocycles. The van der Waals surface area contributed by atoms with Crippen LogP contribution in [0.4, 0.5) is 5.69 Å². The monoisotopic (exact) mass is 373 g/mol. The summed E-state index contributed by atoms with van der Waals surface area (Å²) in [5, 5.41) is 6.73. The number of aromatic nitrogens is 2. The van der Waals surface area contributed by atoms with Crippen LogP contribution in [0.15, 0.2) is 30.3 Å². The molecule has 0 atom stereocenters. The van der Waals surface area contributed by atoms with E-state index in [1.807, 2.05) is 30.0 Å². The Kier molecular flexibility index (Phi) is 6.17. The molecule has 138 valence electrons. The first-order valence-corrected chi connectivity index (χ1v) is 9.63. The van der Waals surface area contributed by atoms with Gasteiger partial charge in [0, 0.05) is 44.8 Å². The highest BCUT2D eigenvalue weighted by Gasteiger charge is 2.21.